The lowest BCUT2D eigenvalue weighted by Gasteiger charge is -2.21. The smallest absolute Gasteiger partial charge is 0.290 e. The number of hydrogen-bond acceptors (Lipinski definition) is 6. The van der Waals surface area contributed by atoms with Gasteiger partial charge in [0.05, 0.1) is 11.6 Å². The molecule has 0 aliphatic rings. The minimum Gasteiger partial charge on any atom is -0.459 e. The van der Waals surface area contributed by atoms with E-state index in [2.05, 4.69) is 28.2 Å². The van der Waals surface area contributed by atoms with Crippen LogP contribution >= 0.6 is 0 Å². The van der Waals surface area contributed by atoms with Crippen LogP contribution in [-0.4, -0.2) is 33.5 Å². The first-order chi connectivity index (χ1) is 16.3. The molecule has 0 saturated carbocycles. The maximum absolute atomic E-state index is 13.0. The zero-order valence-electron chi connectivity index (χ0n) is 19.5. The van der Waals surface area contributed by atoms with Gasteiger partial charge in [-0.05, 0) is 30.5 Å². The van der Waals surface area contributed by atoms with Crippen molar-refractivity contribution in [3.8, 4) is 0 Å². The van der Waals surface area contributed by atoms with Crippen molar-refractivity contribution in [3.63, 3.8) is 0 Å². The van der Waals surface area contributed by atoms with Gasteiger partial charge in [-0.15, -0.1) is 0 Å². The molecule has 0 bridgehead atoms. The zero-order valence-corrected chi connectivity index (χ0v) is 19.5. The Hall–Kier alpha value is -3.95. The van der Waals surface area contributed by atoms with Gasteiger partial charge < -0.3 is 9.73 Å². The number of aryl methyl sites for hydroxylation is 1. The number of carbonyl (C=O) groups is 3. The Labute approximate surface area is 196 Å². The minimum atomic E-state index is -0.925. The molecule has 3 N–H and O–H groups in total. The van der Waals surface area contributed by atoms with Crippen LogP contribution in [0.2, 0.25) is 0 Å². The second-order valence-electron chi connectivity index (χ2n) is 8.25. The third-order valence-corrected chi connectivity index (χ3v) is 5.34. The van der Waals surface area contributed by atoms with Crippen LogP contribution in [0.4, 0.5) is 0 Å². The Morgan fingerprint density at radius 3 is 2.38 bits per heavy atom. The normalized spacial score (nSPS) is 11.9. The first-order valence-electron chi connectivity index (χ1n) is 11.3. The van der Waals surface area contributed by atoms with E-state index in [1.807, 2.05) is 0 Å². The van der Waals surface area contributed by atoms with Crippen molar-refractivity contribution >= 4 is 28.5 Å². The summed E-state index contributed by atoms with van der Waals surface area (Å²) in [5.41, 5.74) is 4.46. The summed E-state index contributed by atoms with van der Waals surface area (Å²) in [7, 11) is 0. The van der Waals surface area contributed by atoms with E-state index in [0.29, 0.717) is 17.3 Å². The van der Waals surface area contributed by atoms with Crippen molar-refractivity contribution in [2.75, 3.05) is 0 Å². The van der Waals surface area contributed by atoms with Gasteiger partial charge >= 0.3 is 0 Å². The fourth-order valence-corrected chi connectivity index (χ4v) is 3.48. The van der Waals surface area contributed by atoms with Gasteiger partial charge in [0.1, 0.15) is 6.04 Å². The second kappa shape index (κ2) is 11.3. The molecular formula is C24H29N5O5. The third kappa shape index (κ3) is 5.69. The highest BCUT2D eigenvalue weighted by Gasteiger charge is 2.26. The monoisotopic (exact) mass is 467 g/mol. The van der Waals surface area contributed by atoms with Gasteiger partial charge in [0, 0.05) is 11.9 Å². The Bertz CT molecular complexity index is 1220. The number of amides is 3. The molecule has 3 aromatic rings. The second-order valence-corrected chi connectivity index (χ2v) is 8.25. The molecule has 0 aliphatic carbocycles. The molecule has 1 unspecified atom stereocenters. The number of nitrogens with zero attached hydrogens (tertiary/aromatic N) is 2. The van der Waals surface area contributed by atoms with Crippen LogP contribution in [0.1, 0.15) is 61.1 Å². The van der Waals surface area contributed by atoms with Crippen molar-refractivity contribution in [1.29, 1.82) is 0 Å². The molecule has 34 heavy (non-hydrogen) atoms. The number of hydrazine groups is 1. The average Bonchev–Trinajstić information content (AvgIpc) is 3.37. The molecule has 0 radical (unpaired) electrons. The summed E-state index contributed by atoms with van der Waals surface area (Å²) in [6.07, 6.45) is 4.03. The van der Waals surface area contributed by atoms with E-state index in [1.165, 1.54) is 17.0 Å². The summed E-state index contributed by atoms with van der Waals surface area (Å²) < 4.78 is 6.35. The van der Waals surface area contributed by atoms with Gasteiger partial charge in [-0.3, -0.25) is 30.0 Å². The van der Waals surface area contributed by atoms with E-state index in [-0.39, 0.29) is 22.9 Å². The molecule has 180 valence electrons. The molecular weight excluding hydrogens is 438 g/mol. The van der Waals surface area contributed by atoms with Gasteiger partial charge in [-0.1, -0.05) is 51.8 Å². The zero-order chi connectivity index (χ0) is 24.7. The number of aromatic nitrogens is 2. The van der Waals surface area contributed by atoms with Crippen molar-refractivity contribution in [2.24, 2.45) is 5.92 Å². The highest BCUT2D eigenvalue weighted by Crippen LogP contribution is 2.13. The standard InChI is InChI=1S/C24H29N5O5/c1-4-5-8-13-29-24(33)17-11-7-6-10-16(17)20(28-29)23(32)27-26-22(31)19(15(2)3)25-21(30)18-12-9-14-34-18/h6-7,9-12,14-15,19H,4-5,8,13H2,1-3H3,(H,25,30)(H,26,31)(H,27,32). The van der Waals surface area contributed by atoms with E-state index in [1.54, 1.807) is 44.2 Å². The lowest BCUT2D eigenvalue weighted by molar-refractivity contribution is -0.124. The molecule has 1 atom stereocenters. The van der Waals surface area contributed by atoms with Gasteiger partial charge in [-0.2, -0.15) is 5.10 Å². The number of rotatable bonds is 9. The summed E-state index contributed by atoms with van der Waals surface area (Å²) in [5, 5.41) is 7.63. The van der Waals surface area contributed by atoms with Crippen LogP contribution in [0.3, 0.4) is 0 Å². The molecule has 0 saturated heterocycles. The number of furan rings is 1. The predicted octanol–water partition coefficient (Wildman–Crippen LogP) is 2.40. The largest absolute Gasteiger partial charge is 0.459 e. The molecule has 2 heterocycles. The molecule has 0 spiro atoms. The van der Waals surface area contributed by atoms with Crippen molar-refractivity contribution in [2.45, 2.75) is 52.6 Å². The van der Waals surface area contributed by atoms with E-state index < -0.39 is 23.8 Å². The summed E-state index contributed by atoms with van der Waals surface area (Å²) in [6, 6.07) is 8.83. The number of hydrogen-bond donors (Lipinski definition) is 3. The summed E-state index contributed by atoms with van der Waals surface area (Å²) >= 11 is 0. The first-order valence-corrected chi connectivity index (χ1v) is 11.3. The first kappa shape index (κ1) is 24.7. The highest BCUT2D eigenvalue weighted by molar-refractivity contribution is 6.05. The fraction of sp³-hybridized carbons (Fsp3) is 0.375. The fourth-order valence-electron chi connectivity index (χ4n) is 3.48. The minimum absolute atomic E-state index is 0.0210. The highest BCUT2D eigenvalue weighted by atomic mass is 16.3. The van der Waals surface area contributed by atoms with Crippen LogP contribution in [0.25, 0.3) is 10.8 Å². The quantitative estimate of drug-likeness (QED) is 0.327. The van der Waals surface area contributed by atoms with E-state index in [0.717, 1.165) is 19.3 Å². The topological polar surface area (TPSA) is 135 Å². The molecule has 3 amide bonds. The Morgan fingerprint density at radius 1 is 1.00 bits per heavy atom. The summed E-state index contributed by atoms with van der Waals surface area (Å²) in [6.45, 7) is 5.96. The van der Waals surface area contributed by atoms with Crippen LogP contribution in [-0.2, 0) is 11.3 Å². The van der Waals surface area contributed by atoms with Crippen molar-refractivity contribution in [1.82, 2.24) is 25.9 Å². The molecule has 10 nitrogen and oxygen atoms in total. The number of carbonyl (C=O) groups excluding carboxylic acids is 3. The van der Waals surface area contributed by atoms with E-state index in [4.69, 9.17) is 4.42 Å². The number of nitrogens with one attached hydrogen (secondary N) is 3. The average molecular weight is 468 g/mol. The summed E-state index contributed by atoms with van der Waals surface area (Å²) in [5.74, 6) is -2.02. The van der Waals surface area contributed by atoms with E-state index in [9.17, 15) is 19.2 Å². The SMILES string of the molecule is CCCCCn1nc(C(=O)NNC(=O)C(NC(=O)c2ccco2)C(C)C)c2ccccc2c1=O. The van der Waals surface area contributed by atoms with Gasteiger partial charge in [-0.25, -0.2) is 4.68 Å². The molecule has 10 heteroatoms. The Kier molecular flexibility index (Phi) is 8.18. The van der Waals surface area contributed by atoms with Crippen molar-refractivity contribution in [3.05, 3.63) is 64.5 Å². The number of unbranched alkanes of at least 4 members (excludes halogenated alkanes) is 2. The third-order valence-electron chi connectivity index (χ3n) is 5.34. The number of benzene rings is 1. The Morgan fingerprint density at radius 2 is 1.74 bits per heavy atom. The lowest BCUT2D eigenvalue weighted by Crippen LogP contribution is -2.54. The molecule has 0 aliphatic heterocycles. The van der Waals surface area contributed by atoms with Crippen LogP contribution in [0.15, 0.2) is 51.9 Å². The lowest BCUT2D eigenvalue weighted by atomic mass is 10.0. The van der Waals surface area contributed by atoms with Gasteiger partial charge in [0.25, 0.3) is 23.3 Å². The summed E-state index contributed by atoms with van der Waals surface area (Å²) in [4.78, 5) is 50.8. The predicted molar refractivity (Wildman–Crippen MR) is 126 cm³/mol. The Balaban J connectivity index is 1.77. The molecule has 3 rings (SSSR count). The maximum atomic E-state index is 13.0. The van der Waals surface area contributed by atoms with Crippen molar-refractivity contribution < 1.29 is 18.8 Å². The molecule has 2 aromatic heterocycles. The molecule has 1 aromatic carbocycles. The number of fused-ring (bicyclic) bond motifs is 1. The van der Waals surface area contributed by atoms with Gasteiger partial charge in [0.15, 0.2) is 11.5 Å². The molecule has 0 fully saturated rings. The van der Waals surface area contributed by atoms with Crippen LogP contribution < -0.4 is 21.7 Å². The maximum Gasteiger partial charge on any atom is 0.290 e. The van der Waals surface area contributed by atoms with Crippen LogP contribution in [0, 0.1) is 5.92 Å². The van der Waals surface area contributed by atoms with Crippen LogP contribution in [0.5, 0.6) is 0 Å². The van der Waals surface area contributed by atoms with Gasteiger partial charge in [0.2, 0.25) is 0 Å². The van der Waals surface area contributed by atoms with E-state index >= 15 is 0 Å².